The van der Waals surface area contributed by atoms with Crippen molar-refractivity contribution in [3.05, 3.63) is 126 Å². The average Bonchev–Trinajstić information content (AvgIpc) is 3.43. The summed E-state index contributed by atoms with van der Waals surface area (Å²) in [5, 5.41) is 2.14. The van der Waals surface area contributed by atoms with Crippen molar-refractivity contribution in [1.82, 2.24) is 4.98 Å². The van der Waals surface area contributed by atoms with Crippen molar-refractivity contribution in [2.45, 2.75) is 19.3 Å². The predicted octanol–water partition coefficient (Wildman–Crippen LogP) is 9.77. The molecule has 7 aromatic rings. The molecule has 0 amide bonds. The van der Waals surface area contributed by atoms with Gasteiger partial charge in [0.15, 0.2) is 5.58 Å². The highest BCUT2D eigenvalue weighted by Gasteiger charge is 2.35. The lowest BCUT2D eigenvalue weighted by atomic mass is 9.81. The molecule has 1 aliphatic carbocycles. The first kappa shape index (κ1) is 21.4. The van der Waals surface area contributed by atoms with Gasteiger partial charge in [-0.25, -0.2) is 4.98 Å². The zero-order chi connectivity index (χ0) is 25.4. The van der Waals surface area contributed by atoms with Crippen LogP contribution in [0.4, 0.5) is 0 Å². The highest BCUT2D eigenvalue weighted by Crippen LogP contribution is 2.49. The molecule has 0 atom stereocenters. The average molecular weight is 488 g/mol. The Hall–Kier alpha value is -4.69. The lowest BCUT2D eigenvalue weighted by Crippen LogP contribution is -2.14. The van der Waals surface area contributed by atoms with Crippen LogP contribution in [0.2, 0.25) is 0 Å². The van der Waals surface area contributed by atoms with Gasteiger partial charge in [0.25, 0.3) is 0 Å². The van der Waals surface area contributed by atoms with Gasteiger partial charge in [0.05, 0.1) is 5.52 Å². The summed E-state index contributed by atoms with van der Waals surface area (Å²) in [6, 6.07) is 41.3. The fourth-order valence-electron chi connectivity index (χ4n) is 6.22. The molecule has 2 aromatic heterocycles. The molecule has 0 fully saturated rings. The molecule has 0 aliphatic heterocycles. The maximum Gasteiger partial charge on any atom is 0.154 e. The van der Waals surface area contributed by atoms with Crippen LogP contribution in [0.3, 0.4) is 0 Å². The Labute approximate surface area is 221 Å². The molecule has 38 heavy (non-hydrogen) atoms. The van der Waals surface area contributed by atoms with E-state index in [0.29, 0.717) is 0 Å². The Morgan fingerprint density at radius 1 is 0.553 bits per heavy atom. The van der Waals surface area contributed by atoms with E-state index in [4.69, 9.17) is 9.40 Å². The number of rotatable bonds is 2. The molecule has 180 valence electrons. The second-order valence-corrected chi connectivity index (χ2v) is 10.8. The monoisotopic (exact) mass is 487 g/mol. The number of nitrogens with zero attached hydrogens (tertiary/aromatic N) is 1. The highest BCUT2D eigenvalue weighted by molar-refractivity contribution is 6.06. The van der Waals surface area contributed by atoms with Crippen LogP contribution < -0.4 is 0 Å². The molecule has 0 radical (unpaired) electrons. The van der Waals surface area contributed by atoms with Gasteiger partial charge >= 0.3 is 0 Å². The van der Waals surface area contributed by atoms with Gasteiger partial charge in [-0.3, -0.25) is 0 Å². The molecule has 2 heterocycles. The Balaban J connectivity index is 1.16. The number of para-hydroxylation sites is 1. The summed E-state index contributed by atoms with van der Waals surface area (Å²) >= 11 is 0. The van der Waals surface area contributed by atoms with Crippen LogP contribution in [0.15, 0.2) is 120 Å². The fourth-order valence-corrected chi connectivity index (χ4v) is 6.22. The van der Waals surface area contributed by atoms with Gasteiger partial charge in [0.1, 0.15) is 11.1 Å². The summed E-state index contributed by atoms with van der Waals surface area (Å²) in [4.78, 5) is 4.92. The molecule has 5 aromatic carbocycles. The minimum atomic E-state index is 0.00622. The van der Waals surface area contributed by atoms with Crippen molar-refractivity contribution in [3.8, 4) is 33.4 Å². The van der Waals surface area contributed by atoms with E-state index < -0.39 is 0 Å². The van der Waals surface area contributed by atoms with Crippen LogP contribution in [-0.4, -0.2) is 4.98 Å². The summed E-state index contributed by atoms with van der Waals surface area (Å²) in [5.41, 5.74) is 14.0. The normalized spacial score (nSPS) is 13.7. The van der Waals surface area contributed by atoms with Gasteiger partial charge in [0.2, 0.25) is 0 Å². The molecule has 0 unspecified atom stereocenters. The van der Waals surface area contributed by atoms with Crippen LogP contribution in [0.1, 0.15) is 25.0 Å². The lowest BCUT2D eigenvalue weighted by Gasteiger charge is -2.22. The van der Waals surface area contributed by atoms with E-state index in [2.05, 4.69) is 111 Å². The second-order valence-electron chi connectivity index (χ2n) is 10.8. The number of benzene rings is 5. The van der Waals surface area contributed by atoms with E-state index in [1.54, 1.807) is 0 Å². The molecule has 0 N–H and O–H groups in total. The quantitative estimate of drug-likeness (QED) is 0.242. The third kappa shape index (κ3) is 3.04. The molecule has 0 saturated heterocycles. The van der Waals surface area contributed by atoms with Crippen LogP contribution in [0.5, 0.6) is 0 Å². The lowest BCUT2D eigenvalue weighted by molar-refractivity contribution is 0.660. The predicted molar refractivity (Wildman–Crippen MR) is 157 cm³/mol. The van der Waals surface area contributed by atoms with E-state index in [9.17, 15) is 0 Å². The standard InChI is InChI=1S/C36H25NO/c1-36(2)30-9-5-3-7-27(30)28-17-15-25(20-31(28)36)23-13-11-22(12-14-23)24-16-18-32-26(19-24)21-34-35(37-32)29-8-4-6-10-33(29)38-34/h3-21H,1-2H3. The summed E-state index contributed by atoms with van der Waals surface area (Å²) in [6.45, 7) is 4.66. The number of pyridine rings is 1. The molecule has 0 bridgehead atoms. The topological polar surface area (TPSA) is 26.0 Å². The Bertz CT molecular complexity index is 2040. The molecule has 1 aliphatic rings. The van der Waals surface area contributed by atoms with Crippen molar-refractivity contribution in [2.24, 2.45) is 0 Å². The fraction of sp³-hybridized carbons (Fsp3) is 0.0833. The summed E-state index contributed by atoms with van der Waals surface area (Å²) in [7, 11) is 0. The van der Waals surface area contributed by atoms with Crippen molar-refractivity contribution < 1.29 is 4.42 Å². The molecule has 0 spiro atoms. The molecule has 2 nitrogen and oxygen atoms in total. The van der Waals surface area contributed by atoms with Crippen LogP contribution in [-0.2, 0) is 5.41 Å². The number of hydrogen-bond acceptors (Lipinski definition) is 2. The van der Waals surface area contributed by atoms with Gasteiger partial charge in [-0.05, 0) is 80.9 Å². The molecule has 0 saturated carbocycles. The first-order valence-electron chi connectivity index (χ1n) is 13.1. The Kier molecular flexibility index (Phi) is 4.31. The molecule has 8 rings (SSSR count). The second kappa shape index (κ2) is 7.66. The van der Waals surface area contributed by atoms with Crippen LogP contribution in [0, 0.1) is 0 Å². The van der Waals surface area contributed by atoms with Crippen LogP contribution in [0.25, 0.3) is 66.4 Å². The zero-order valence-electron chi connectivity index (χ0n) is 21.3. The van der Waals surface area contributed by atoms with Gasteiger partial charge in [-0.15, -0.1) is 0 Å². The first-order chi connectivity index (χ1) is 18.6. The van der Waals surface area contributed by atoms with E-state index in [-0.39, 0.29) is 5.41 Å². The summed E-state index contributed by atoms with van der Waals surface area (Å²) in [5.74, 6) is 0. The maximum atomic E-state index is 6.08. The van der Waals surface area contributed by atoms with Crippen molar-refractivity contribution in [3.63, 3.8) is 0 Å². The number of furan rings is 1. The minimum Gasteiger partial charge on any atom is -0.454 e. The van der Waals surface area contributed by atoms with Gasteiger partial charge in [-0.2, -0.15) is 0 Å². The maximum absolute atomic E-state index is 6.08. The first-order valence-corrected chi connectivity index (χ1v) is 13.1. The van der Waals surface area contributed by atoms with Crippen molar-refractivity contribution >= 4 is 33.0 Å². The smallest absolute Gasteiger partial charge is 0.154 e. The third-order valence-electron chi connectivity index (χ3n) is 8.28. The van der Waals surface area contributed by atoms with E-state index >= 15 is 0 Å². The van der Waals surface area contributed by atoms with Crippen LogP contribution >= 0.6 is 0 Å². The summed E-state index contributed by atoms with van der Waals surface area (Å²) in [6.07, 6.45) is 0. The van der Waals surface area contributed by atoms with Gasteiger partial charge in [-0.1, -0.05) is 92.7 Å². The van der Waals surface area contributed by atoms with Crippen molar-refractivity contribution in [1.29, 1.82) is 0 Å². The highest BCUT2D eigenvalue weighted by atomic mass is 16.3. The SMILES string of the molecule is CC1(C)c2ccccc2-c2ccc(-c3ccc(-c4ccc5nc6c(cc5c4)oc4ccccc46)cc3)cc21. The molecular weight excluding hydrogens is 462 g/mol. The van der Waals surface area contributed by atoms with Gasteiger partial charge in [0, 0.05) is 16.2 Å². The van der Waals surface area contributed by atoms with Gasteiger partial charge < -0.3 is 4.42 Å². The Morgan fingerprint density at radius 3 is 2.05 bits per heavy atom. The number of aromatic nitrogens is 1. The van der Waals surface area contributed by atoms with E-state index in [0.717, 1.165) is 33.0 Å². The third-order valence-corrected chi connectivity index (χ3v) is 8.28. The molecular formula is C36H25NO. The number of fused-ring (bicyclic) bond motifs is 7. The largest absolute Gasteiger partial charge is 0.454 e. The minimum absolute atomic E-state index is 0.00622. The molecule has 2 heteroatoms. The van der Waals surface area contributed by atoms with Crippen molar-refractivity contribution in [2.75, 3.05) is 0 Å². The summed E-state index contributed by atoms with van der Waals surface area (Å²) < 4.78 is 6.08. The number of hydrogen-bond donors (Lipinski definition) is 0. The zero-order valence-corrected chi connectivity index (χ0v) is 21.3. The van der Waals surface area contributed by atoms with E-state index in [1.165, 1.54) is 44.5 Å². The van der Waals surface area contributed by atoms with E-state index in [1.807, 2.05) is 18.2 Å². The Morgan fingerprint density at radius 2 is 1.21 bits per heavy atom.